The van der Waals surface area contributed by atoms with Crippen molar-refractivity contribution in [2.45, 2.75) is 11.4 Å². The van der Waals surface area contributed by atoms with Crippen molar-refractivity contribution >= 4 is 17.7 Å². The Morgan fingerprint density at radius 3 is 2.62 bits per heavy atom. The van der Waals surface area contributed by atoms with Gasteiger partial charge in [0.2, 0.25) is 0 Å². The van der Waals surface area contributed by atoms with Gasteiger partial charge in [0.1, 0.15) is 0 Å². The summed E-state index contributed by atoms with van der Waals surface area (Å²) in [5.41, 5.74) is 1.57. The fraction of sp³-hybridized carbons (Fsp3) is 0.250. The number of thioether (sulfide) groups is 1. The van der Waals surface area contributed by atoms with E-state index in [0.717, 1.165) is 10.5 Å². The van der Waals surface area contributed by atoms with Crippen LogP contribution in [-0.4, -0.2) is 40.3 Å². The summed E-state index contributed by atoms with van der Waals surface area (Å²) >= 11 is 1.64. The molecule has 1 amide bonds. The zero-order chi connectivity index (χ0) is 15.1. The van der Waals surface area contributed by atoms with E-state index in [1.54, 1.807) is 29.1 Å². The summed E-state index contributed by atoms with van der Waals surface area (Å²) in [6.07, 6.45) is 5.43. The third kappa shape index (κ3) is 4.31. The molecule has 0 bridgehead atoms. The van der Waals surface area contributed by atoms with E-state index in [1.165, 1.54) is 0 Å². The van der Waals surface area contributed by atoms with Gasteiger partial charge in [-0.05, 0) is 42.2 Å². The molecule has 0 aliphatic rings. The molecule has 0 unspecified atom stereocenters. The van der Waals surface area contributed by atoms with Gasteiger partial charge in [0.15, 0.2) is 0 Å². The van der Waals surface area contributed by atoms with Gasteiger partial charge in [-0.3, -0.25) is 9.78 Å². The second-order valence-electron chi connectivity index (χ2n) is 4.54. The summed E-state index contributed by atoms with van der Waals surface area (Å²) in [4.78, 5) is 19.3. The lowest BCUT2D eigenvalue weighted by Gasteiger charge is -2.22. The molecule has 0 fully saturated rings. The van der Waals surface area contributed by atoms with Crippen molar-refractivity contribution in [3.63, 3.8) is 0 Å². The molecular formula is C16H18N2O2S. The minimum Gasteiger partial charge on any atom is -0.395 e. The molecule has 0 saturated heterocycles. The van der Waals surface area contributed by atoms with Crippen LogP contribution in [0.3, 0.4) is 0 Å². The summed E-state index contributed by atoms with van der Waals surface area (Å²) in [5.74, 6) is -0.0828. The molecule has 2 aromatic rings. The van der Waals surface area contributed by atoms with E-state index in [4.69, 9.17) is 0 Å². The Kier molecular flexibility index (Phi) is 5.78. The maximum absolute atomic E-state index is 12.5. The number of rotatable bonds is 6. The number of hydrogen-bond donors (Lipinski definition) is 1. The van der Waals surface area contributed by atoms with Crippen molar-refractivity contribution in [3.05, 3.63) is 59.9 Å². The number of carbonyl (C=O) groups excluding carboxylic acids is 1. The Morgan fingerprint density at radius 2 is 2.05 bits per heavy atom. The molecule has 0 spiro atoms. The van der Waals surface area contributed by atoms with Gasteiger partial charge in [-0.1, -0.05) is 6.07 Å². The second kappa shape index (κ2) is 7.81. The molecule has 0 aliphatic carbocycles. The van der Waals surface area contributed by atoms with Gasteiger partial charge in [0.25, 0.3) is 5.91 Å². The van der Waals surface area contributed by atoms with Crippen LogP contribution < -0.4 is 0 Å². The number of hydrogen-bond acceptors (Lipinski definition) is 4. The van der Waals surface area contributed by atoms with Crippen LogP contribution in [0.5, 0.6) is 0 Å². The molecule has 1 aromatic carbocycles. The molecule has 0 aliphatic heterocycles. The first-order valence-corrected chi connectivity index (χ1v) is 7.90. The monoisotopic (exact) mass is 302 g/mol. The summed E-state index contributed by atoms with van der Waals surface area (Å²) in [6.45, 7) is 0.685. The zero-order valence-corrected chi connectivity index (χ0v) is 12.7. The number of aromatic nitrogens is 1. The van der Waals surface area contributed by atoms with Crippen molar-refractivity contribution in [3.8, 4) is 0 Å². The lowest BCUT2D eigenvalue weighted by Crippen LogP contribution is -2.33. The number of aliphatic hydroxyl groups excluding tert-OH is 1. The Balaban J connectivity index is 2.14. The number of pyridine rings is 1. The SMILES string of the molecule is CSc1ccc(C(=O)N(CCO)Cc2cccnc2)cc1. The maximum Gasteiger partial charge on any atom is 0.254 e. The van der Waals surface area contributed by atoms with Crippen molar-refractivity contribution in [1.82, 2.24) is 9.88 Å². The van der Waals surface area contributed by atoms with Gasteiger partial charge in [0.05, 0.1) is 6.61 Å². The zero-order valence-electron chi connectivity index (χ0n) is 11.9. The molecule has 0 radical (unpaired) electrons. The summed E-state index contributed by atoms with van der Waals surface area (Å²) in [6, 6.07) is 11.3. The van der Waals surface area contributed by atoms with Crippen LogP contribution in [0.15, 0.2) is 53.7 Å². The first-order chi connectivity index (χ1) is 10.2. The Labute approximate surface area is 128 Å². The van der Waals surface area contributed by atoms with E-state index in [-0.39, 0.29) is 12.5 Å². The minimum absolute atomic E-state index is 0.0606. The average molecular weight is 302 g/mol. The van der Waals surface area contributed by atoms with Crippen LogP contribution in [0.2, 0.25) is 0 Å². The summed E-state index contributed by atoms with van der Waals surface area (Å²) in [7, 11) is 0. The van der Waals surface area contributed by atoms with Crippen LogP contribution in [0.4, 0.5) is 0 Å². The fourth-order valence-corrected chi connectivity index (χ4v) is 2.41. The highest BCUT2D eigenvalue weighted by molar-refractivity contribution is 7.98. The van der Waals surface area contributed by atoms with E-state index in [0.29, 0.717) is 18.7 Å². The molecule has 4 nitrogen and oxygen atoms in total. The van der Waals surface area contributed by atoms with Crippen molar-refractivity contribution in [1.29, 1.82) is 0 Å². The molecule has 2 rings (SSSR count). The van der Waals surface area contributed by atoms with E-state index in [1.807, 2.05) is 42.7 Å². The normalized spacial score (nSPS) is 10.4. The van der Waals surface area contributed by atoms with Crippen molar-refractivity contribution in [2.24, 2.45) is 0 Å². The first kappa shape index (κ1) is 15.5. The highest BCUT2D eigenvalue weighted by Gasteiger charge is 2.15. The predicted molar refractivity (Wildman–Crippen MR) is 84.3 cm³/mol. The average Bonchev–Trinajstić information content (AvgIpc) is 2.55. The maximum atomic E-state index is 12.5. The standard InChI is InChI=1S/C16H18N2O2S/c1-21-15-6-4-14(5-7-15)16(20)18(9-10-19)12-13-3-2-8-17-11-13/h2-8,11,19H,9-10,12H2,1H3. The molecular weight excluding hydrogens is 284 g/mol. The number of nitrogens with zero attached hydrogens (tertiary/aromatic N) is 2. The second-order valence-corrected chi connectivity index (χ2v) is 5.42. The van der Waals surface area contributed by atoms with Crippen LogP contribution in [-0.2, 0) is 6.54 Å². The van der Waals surface area contributed by atoms with Crippen LogP contribution >= 0.6 is 11.8 Å². The van der Waals surface area contributed by atoms with Gasteiger partial charge >= 0.3 is 0 Å². The van der Waals surface area contributed by atoms with E-state index in [9.17, 15) is 9.90 Å². The predicted octanol–water partition coefficient (Wildman–Crippen LogP) is 2.44. The summed E-state index contributed by atoms with van der Waals surface area (Å²) in [5, 5.41) is 9.18. The quantitative estimate of drug-likeness (QED) is 0.833. The smallest absolute Gasteiger partial charge is 0.254 e. The Hall–Kier alpha value is -1.85. The Morgan fingerprint density at radius 1 is 1.29 bits per heavy atom. The van der Waals surface area contributed by atoms with E-state index >= 15 is 0 Å². The highest BCUT2D eigenvalue weighted by Crippen LogP contribution is 2.16. The first-order valence-electron chi connectivity index (χ1n) is 6.67. The van der Waals surface area contributed by atoms with Gasteiger partial charge in [-0.2, -0.15) is 0 Å². The molecule has 21 heavy (non-hydrogen) atoms. The topological polar surface area (TPSA) is 53.4 Å². The third-order valence-corrected chi connectivity index (χ3v) is 3.83. The molecule has 1 aromatic heterocycles. The van der Waals surface area contributed by atoms with Gasteiger partial charge in [-0.25, -0.2) is 0 Å². The van der Waals surface area contributed by atoms with Crippen LogP contribution in [0, 0.1) is 0 Å². The highest BCUT2D eigenvalue weighted by atomic mass is 32.2. The number of carbonyl (C=O) groups is 1. The van der Waals surface area contributed by atoms with E-state index < -0.39 is 0 Å². The molecule has 0 atom stereocenters. The van der Waals surface area contributed by atoms with Gasteiger partial charge in [-0.15, -0.1) is 11.8 Å². The van der Waals surface area contributed by atoms with Gasteiger partial charge < -0.3 is 10.0 Å². The largest absolute Gasteiger partial charge is 0.395 e. The lowest BCUT2D eigenvalue weighted by atomic mass is 10.2. The third-order valence-electron chi connectivity index (χ3n) is 3.09. The number of amides is 1. The molecule has 110 valence electrons. The molecule has 1 heterocycles. The molecule has 1 N–H and O–H groups in total. The minimum atomic E-state index is -0.0828. The lowest BCUT2D eigenvalue weighted by molar-refractivity contribution is 0.0707. The van der Waals surface area contributed by atoms with Crippen molar-refractivity contribution < 1.29 is 9.90 Å². The molecule has 5 heteroatoms. The number of benzene rings is 1. The van der Waals surface area contributed by atoms with E-state index in [2.05, 4.69) is 4.98 Å². The summed E-state index contributed by atoms with van der Waals surface area (Å²) < 4.78 is 0. The van der Waals surface area contributed by atoms with Crippen LogP contribution in [0.1, 0.15) is 15.9 Å². The Bertz CT molecular complexity index is 573. The number of aliphatic hydroxyl groups is 1. The fourth-order valence-electron chi connectivity index (χ4n) is 2.00. The van der Waals surface area contributed by atoms with Crippen molar-refractivity contribution in [2.75, 3.05) is 19.4 Å². The van der Waals surface area contributed by atoms with Gasteiger partial charge in [0, 0.05) is 35.9 Å². The van der Waals surface area contributed by atoms with Crippen LogP contribution in [0.25, 0.3) is 0 Å². The molecule has 0 saturated carbocycles.